The number of ether oxygens (including phenoxy) is 1. The van der Waals surface area contributed by atoms with Crippen LogP contribution in [0.3, 0.4) is 0 Å². The Balaban J connectivity index is 2.52. The van der Waals surface area contributed by atoms with Crippen LogP contribution >= 0.6 is 0 Å². The summed E-state index contributed by atoms with van der Waals surface area (Å²) in [5, 5.41) is 8.50. The molecule has 0 spiro atoms. The number of hydrogen-bond donors (Lipinski definition) is 1. The third-order valence-electron chi connectivity index (χ3n) is 2.61. The van der Waals surface area contributed by atoms with Crippen molar-refractivity contribution in [3.05, 3.63) is 0 Å². The molecule has 1 saturated carbocycles. The Morgan fingerprint density at radius 3 is 2.54 bits per heavy atom. The fourth-order valence-electron chi connectivity index (χ4n) is 2.49. The molecular formula is C10H18O3. The van der Waals surface area contributed by atoms with Gasteiger partial charge in [0.1, 0.15) is 6.10 Å². The molecule has 0 heterocycles. The van der Waals surface area contributed by atoms with E-state index in [2.05, 4.69) is 20.8 Å². The monoisotopic (exact) mass is 186 g/mol. The minimum Gasteiger partial charge on any atom is -0.450 e. The van der Waals surface area contributed by atoms with Crippen LogP contribution in [0, 0.1) is 11.3 Å². The largest absolute Gasteiger partial charge is 0.506 e. The first kappa shape index (κ1) is 10.4. The van der Waals surface area contributed by atoms with Crippen molar-refractivity contribution in [1.82, 2.24) is 0 Å². The Kier molecular flexibility index (Phi) is 2.84. The summed E-state index contributed by atoms with van der Waals surface area (Å²) in [5.41, 5.74) is 0.220. The molecule has 0 bridgehead atoms. The first-order chi connectivity index (χ1) is 5.89. The molecule has 0 unspecified atom stereocenters. The van der Waals surface area contributed by atoms with Crippen LogP contribution in [0.4, 0.5) is 4.79 Å². The van der Waals surface area contributed by atoms with Gasteiger partial charge in [-0.05, 0) is 30.6 Å². The van der Waals surface area contributed by atoms with Crippen LogP contribution in [0.1, 0.15) is 40.0 Å². The molecular weight excluding hydrogens is 168 g/mol. The second-order valence-electron chi connectivity index (χ2n) is 4.92. The maximum atomic E-state index is 10.4. The maximum absolute atomic E-state index is 10.4. The van der Waals surface area contributed by atoms with Gasteiger partial charge in [0.25, 0.3) is 0 Å². The van der Waals surface area contributed by atoms with Crippen LogP contribution in [0.15, 0.2) is 0 Å². The lowest BCUT2D eigenvalue weighted by atomic mass is 9.71. The van der Waals surface area contributed by atoms with Crippen molar-refractivity contribution >= 4 is 6.16 Å². The number of carbonyl (C=O) groups is 1. The molecule has 0 amide bonds. The van der Waals surface area contributed by atoms with Gasteiger partial charge < -0.3 is 9.84 Å². The van der Waals surface area contributed by atoms with Gasteiger partial charge >= 0.3 is 6.16 Å². The Hall–Kier alpha value is -0.730. The summed E-state index contributed by atoms with van der Waals surface area (Å²) in [5.74, 6) is 0.563. The lowest BCUT2D eigenvalue weighted by Crippen LogP contribution is -2.33. The SMILES string of the molecule is C[C@H]1C[C@@H](OC(=O)O)CC(C)(C)C1. The average Bonchev–Trinajstić information content (AvgIpc) is 1.78. The Morgan fingerprint density at radius 2 is 2.08 bits per heavy atom. The minimum atomic E-state index is -1.14. The normalized spacial score (nSPS) is 32.5. The smallest absolute Gasteiger partial charge is 0.450 e. The lowest BCUT2D eigenvalue weighted by Gasteiger charge is -2.37. The van der Waals surface area contributed by atoms with Gasteiger partial charge in [-0.2, -0.15) is 0 Å². The predicted octanol–water partition coefficient (Wildman–Crippen LogP) is 2.90. The van der Waals surface area contributed by atoms with Crippen LogP contribution in [-0.4, -0.2) is 17.4 Å². The molecule has 0 saturated heterocycles. The molecule has 1 rings (SSSR count). The quantitative estimate of drug-likeness (QED) is 0.640. The number of rotatable bonds is 1. The van der Waals surface area contributed by atoms with E-state index in [4.69, 9.17) is 9.84 Å². The molecule has 0 aromatic heterocycles. The molecule has 1 aliphatic rings. The highest BCUT2D eigenvalue weighted by atomic mass is 16.7. The lowest BCUT2D eigenvalue weighted by molar-refractivity contribution is -0.00505. The van der Waals surface area contributed by atoms with Crippen molar-refractivity contribution in [3.8, 4) is 0 Å². The molecule has 0 aromatic rings. The number of carboxylic acid groups (broad SMARTS) is 1. The molecule has 3 nitrogen and oxygen atoms in total. The van der Waals surface area contributed by atoms with Crippen LogP contribution in [0.2, 0.25) is 0 Å². The first-order valence-corrected chi connectivity index (χ1v) is 4.79. The topological polar surface area (TPSA) is 46.5 Å². The van der Waals surface area contributed by atoms with Crippen molar-refractivity contribution in [2.24, 2.45) is 11.3 Å². The van der Waals surface area contributed by atoms with E-state index in [1.165, 1.54) is 0 Å². The molecule has 0 aliphatic heterocycles. The number of hydrogen-bond acceptors (Lipinski definition) is 2. The maximum Gasteiger partial charge on any atom is 0.506 e. The summed E-state index contributed by atoms with van der Waals surface area (Å²) in [7, 11) is 0. The van der Waals surface area contributed by atoms with Crippen molar-refractivity contribution in [1.29, 1.82) is 0 Å². The molecule has 1 N–H and O–H groups in total. The van der Waals surface area contributed by atoms with E-state index in [-0.39, 0.29) is 11.5 Å². The second kappa shape index (κ2) is 3.56. The molecule has 2 atom stereocenters. The minimum absolute atomic E-state index is 0.101. The zero-order valence-corrected chi connectivity index (χ0v) is 8.54. The van der Waals surface area contributed by atoms with Gasteiger partial charge in [-0.25, -0.2) is 4.79 Å². The average molecular weight is 186 g/mol. The zero-order valence-electron chi connectivity index (χ0n) is 8.54. The van der Waals surface area contributed by atoms with Crippen molar-refractivity contribution in [3.63, 3.8) is 0 Å². The summed E-state index contributed by atoms with van der Waals surface area (Å²) < 4.78 is 4.81. The molecule has 3 heteroatoms. The summed E-state index contributed by atoms with van der Waals surface area (Å²) >= 11 is 0. The molecule has 76 valence electrons. The Morgan fingerprint density at radius 1 is 1.46 bits per heavy atom. The molecule has 13 heavy (non-hydrogen) atoms. The fraction of sp³-hybridized carbons (Fsp3) is 0.900. The van der Waals surface area contributed by atoms with Gasteiger partial charge in [-0.15, -0.1) is 0 Å². The van der Waals surface area contributed by atoms with Gasteiger partial charge in [0, 0.05) is 0 Å². The summed E-state index contributed by atoms with van der Waals surface area (Å²) in [4.78, 5) is 10.4. The van der Waals surface area contributed by atoms with Gasteiger partial charge in [-0.1, -0.05) is 20.8 Å². The van der Waals surface area contributed by atoms with Gasteiger partial charge in [0.2, 0.25) is 0 Å². The third kappa shape index (κ3) is 3.25. The standard InChI is InChI=1S/C10H18O3/c1-7-4-8(13-9(11)12)6-10(2,3)5-7/h7-8H,4-6H2,1-3H3,(H,11,12)/t7-,8+/m0/s1. The van der Waals surface area contributed by atoms with Gasteiger partial charge in [-0.3, -0.25) is 0 Å². The van der Waals surface area contributed by atoms with Crippen LogP contribution in [-0.2, 0) is 4.74 Å². The van der Waals surface area contributed by atoms with E-state index in [0.29, 0.717) is 5.92 Å². The van der Waals surface area contributed by atoms with Crippen molar-refractivity contribution < 1.29 is 14.6 Å². The first-order valence-electron chi connectivity index (χ1n) is 4.79. The van der Waals surface area contributed by atoms with Crippen LogP contribution in [0.25, 0.3) is 0 Å². The van der Waals surface area contributed by atoms with Crippen LogP contribution < -0.4 is 0 Å². The van der Waals surface area contributed by atoms with Crippen LogP contribution in [0.5, 0.6) is 0 Å². The van der Waals surface area contributed by atoms with Crippen molar-refractivity contribution in [2.45, 2.75) is 46.1 Å². The molecule has 1 fully saturated rings. The summed E-state index contributed by atoms with van der Waals surface area (Å²) in [6, 6.07) is 0. The van der Waals surface area contributed by atoms with Gasteiger partial charge in [0.05, 0.1) is 0 Å². The summed E-state index contributed by atoms with van der Waals surface area (Å²) in [6.07, 6.45) is 1.64. The Labute approximate surface area is 79.1 Å². The fourth-order valence-corrected chi connectivity index (χ4v) is 2.49. The van der Waals surface area contributed by atoms with E-state index in [0.717, 1.165) is 19.3 Å². The third-order valence-corrected chi connectivity index (χ3v) is 2.61. The second-order valence-corrected chi connectivity index (χ2v) is 4.92. The molecule has 0 aromatic carbocycles. The van der Waals surface area contributed by atoms with E-state index in [1.807, 2.05) is 0 Å². The highest BCUT2D eigenvalue weighted by molar-refractivity contribution is 5.57. The highest BCUT2D eigenvalue weighted by Gasteiger charge is 2.33. The van der Waals surface area contributed by atoms with Gasteiger partial charge in [0.15, 0.2) is 0 Å². The Bertz CT molecular complexity index is 198. The predicted molar refractivity (Wildman–Crippen MR) is 49.7 cm³/mol. The van der Waals surface area contributed by atoms with E-state index >= 15 is 0 Å². The van der Waals surface area contributed by atoms with E-state index < -0.39 is 6.16 Å². The molecule has 1 aliphatic carbocycles. The van der Waals surface area contributed by atoms with E-state index in [9.17, 15) is 4.79 Å². The summed E-state index contributed by atoms with van der Waals surface area (Å²) in [6.45, 7) is 6.49. The molecule has 0 radical (unpaired) electrons. The van der Waals surface area contributed by atoms with Crippen molar-refractivity contribution in [2.75, 3.05) is 0 Å². The zero-order chi connectivity index (χ0) is 10.1. The van der Waals surface area contributed by atoms with E-state index in [1.54, 1.807) is 0 Å². The highest BCUT2D eigenvalue weighted by Crippen LogP contribution is 2.39.